The first kappa shape index (κ1) is 13.0. The fourth-order valence-corrected chi connectivity index (χ4v) is 2.90. The Morgan fingerprint density at radius 2 is 2.00 bits per heavy atom. The SMILES string of the molecule is CCN(CC)c1nc(C(C)C)c(CC#N)s1. The molecule has 1 rings (SSSR count). The van der Waals surface area contributed by atoms with Gasteiger partial charge in [0.1, 0.15) is 0 Å². The standard InChI is InChI=1S/C12H19N3S/c1-5-15(6-2)12-14-11(9(3)4)10(16-12)7-8-13/h9H,5-7H2,1-4H3. The Labute approximate surface area is 102 Å². The lowest BCUT2D eigenvalue weighted by Gasteiger charge is -2.16. The molecule has 88 valence electrons. The molecule has 0 fully saturated rings. The maximum atomic E-state index is 8.80. The molecule has 0 saturated heterocycles. The van der Waals surface area contributed by atoms with Gasteiger partial charge in [-0.2, -0.15) is 5.26 Å². The summed E-state index contributed by atoms with van der Waals surface area (Å²) in [6, 6.07) is 2.22. The number of nitriles is 1. The van der Waals surface area contributed by atoms with E-state index < -0.39 is 0 Å². The number of rotatable bonds is 5. The van der Waals surface area contributed by atoms with Gasteiger partial charge >= 0.3 is 0 Å². The van der Waals surface area contributed by atoms with Crippen molar-refractivity contribution >= 4 is 16.5 Å². The fourth-order valence-electron chi connectivity index (χ4n) is 1.63. The highest BCUT2D eigenvalue weighted by Gasteiger charge is 2.16. The van der Waals surface area contributed by atoms with Crippen LogP contribution in [0.2, 0.25) is 0 Å². The first-order valence-corrected chi connectivity index (χ1v) is 6.57. The number of nitrogens with zero attached hydrogens (tertiary/aromatic N) is 3. The van der Waals surface area contributed by atoms with Crippen molar-refractivity contribution in [2.75, 3.05) is 18.0 Å². The predicted octanol–water partition coefficient (Wildman–Crippen LogP) is 3.18. The van der Waals surface area contributed by atoms with Gasteiger partial charge in [-0.25, -0.2) is 4.98 Å². The van der Waals surface area contributed by atoms with Crippen LogP contribution in [0, 0.1) is 11.3 Å². The number of thiazole rings is 1. The Hall–Kier alpha value is -1.08. The molecule has 1 aromatic rings. The van der Waals surface area contributed by atoms with Gasteiger partial charge in [-0.1, -0.05) is 13.8 Å². The lowest BCUT2D eigenvalue weighted by Crippen LogP contribution is -2.21. The van der Waals surface area contributed by atoms with Crippen molar-refractivity contribution in [3.8, 4) is 6.07 Å². The third-order valence-corrected chi connectivity index (χ3v) is 3.67. The summed E-state index contributed by atoms with van der Waals surface area (Å²) in [4.78, 5) is 8.02. The van der Waals surface area contributed by atoms with Crippen molar-refractivity contribution in [2.45, 2.75) is 40.0 Å². The molecular formula is C12H19N3S. The van der Waals surface area contributed by atoms with Gasteiger partial charge in [-0.05, 0) is 19.8 Å². The lowest BCUT2D eigenvalue weighted by molar-refractivity contribution is 0.803. The molecule has 0 atom stereocenters. The molecule has 0 N–H and O–H groups in total. The van der Waals surface area contributed by atoms with E-state index in [9.17, 15) is 0 Å². The quantitative estimate of drug-likeness (QED) is 0.789. The van der Waals surface area contributed by atoms with E-state index in [1.54, 1.807) is 11.3 Å². The molecule has 0 aliphatic carbocycles. The van der Waals surface area contributed by atoms with Crippen molar-refractivity contribution in [1.82, 2.24) is 4.98 Å². The van der Waals surface area contributed by atoms with Gasteiger partial charge in [-0.15, -0.1) is 11.3 Å². The van der Waals surface area contributed by atoms with Crippen LogP contribution in [0.15, 0.2) is 0 Å². The Balaban J connectivity index is 3.05. The molecule has 0 bridgehead atoms. The molecule has 4 heteroatoms. The van der Waals surface area contributed by atoms with E-state index in [-0.39, 0.29) is 0 Å². The zero-order chi connectivity index (χ0) is 12.1. The van der Waals surface area contributed by atoms with Crippen LogP contribution >= 0.6 is 11.3 Å². The minimum atomic E-state index is 0.393. The fraction of sp³-hybridized carbons (Fsp3) is 0.667. The minimum Gasteiger partial charge on any atom is -0.349 e. The first-order chi connectivity index (χ1) is 7.63. The normalized spacial score (nSPS) is 10.5. The summed E-state index contributed by atoms with van der Waals surface area (Å²) in [6.45, 7) is 10.4. The summed E-state index contributed by atoms with van der Waals surface area (Å²) in [5.74, 6) is 0.393. The molecule has 1 heterocycles. The molecule has 1 aromatic heterocycles. The van der Waals surface area contributed by atoms with Crippen LogP contribution in [-0.4, -0.2) is 18.1 Å². The molecule has 0 amide bonds. The van der Waals surface area contributed by atoms with Crippen LogP contribution in [0.1, 0.15) is 44.2 Å². The Morgan fingerprint density at radius 3 is 2.44 bits per heavy atom. The second kappa shape index (κ2) is 5.86. The van der Waals surface area contributed by atoms with E-state index in [0.717, 1.165) is 28.8 Å². The van der Waals surface area contributed by atoms with Gasteiger partial charge in [0, 0.05) is 18.0 Å². The first-order valence-electron chi connectivity index (χ1n) is 5.75. The number of anilines is 1. The van der Waals surface area contributed by atoms with Gasteiger partial charge in [0.15, 0.2) is 5.13 Å². The van der Waals surface area contributed by atoms with Crippen molar-refractivity contribution in [3.05, 3.63) is 10.6 Å². The Bertz CT molecular complexity index is 372. The molecule has 0 spiro atoms. The van der Waals surface area contributed by atoms with E-state index in [2.05, 4.69) is 43.6 Å². The van der Waals surface area contributed by atoms with Crippen LogP contribution < -0.4 is 4.90 Å². The van der Waals surface area contributed by atoms with Crippen molar-refractivity contribution in [2.24, 2.45) is 0 Å². The highest BCUT2D eigenvalue weighted by molar-refractivity contribution is 7.15. The van der Waals surface area contributed by atoms with Crippen molar-refractivity contribution in [1.29, 1.82) is 5.26 Å². The molecule has 0 unspecified atom stereocenters. The van der Waals surface area contributed by atoms with Gasteiger partial charge in [-0.3, -0.25) is 0 Å². The third-order valence-electron chi connectivity index (χ3n) is 2.54. The highest BCUT2D eigenvalue weighted by atomic mass is 32.1. The topological polar surface area (TPSA) is 39.9 Å². The molecule has 3 nitrogen and oxygen atoms in total. The zero-order valence-corrected chi connectivity index (χ0v) is 11.3. The van der Waals surface area contributed by atoms with Crippen LogP contribution in [0.4, 0.5) is 5.13 Å². The van der Waals surface area contributed by atoms with E-state index in [1.807, 2.05) is 0 Å². The molecule has 0 aromatic carbocycles. The van der Waals surface area contributed by atoms with E-state index in [1.165, 1.54) is 0 Å². The summed E-state index contributed by atoms with van der Waals surface area (Å²) in [6.07, 6.45) is 0.479. The van der Waals surface area contributed by atoms with Gasteiger partial charge in [0.2, 0.25) is 0 Å². The summed E-state index contributed by atoms with van der Waals surface area (Å²) >= 11 is 1.66. The average molecular weight is 237 g/mol. The largest absolute Gasteiger partial charge is 0.349 e. The third kappa shape index (κ3) is 2.73. The Kier molecular flexibility index (Phi) is 4.75. The van der Waals surface area contributed by atoms with Gasteiger partial charge < -0.3 is 4.90 Å². The highest BCUT2D eigenvalue weighted by Crippen LogP contribution is 2.30. The molecule has 0 radical (unpaired) electrons. The maximum absolute atomic E-state index is 8.80. The molecule has 16 heavy (non-hydrogen) atoms. The Morgan fingerprint density at radius 1 is 1.38 bits per heavy atom. The van der Waals surface area contributed by atoms with Gasteiger partial charge in [0.25, 0.3) is 0 Å². The maximum Gasteiger partial charge on any atom is 0.185 e. The monoisotopic (exact) mass is 237 g/mol. The lowest BCUT2D eigenvalue weighted by atomic mass is 10.1. The van der Waals surface area contributed by atoms with Crippen LogP contribution in [-0.2, 0) is 6.42 Å². The number of hydrogen-bond donors (Lipinski definition) is 0. The smallest absolute Gasteiger partial charge is 0.185 e. The molecule has 0 aliphatic rings. The molecular weight excluding hydrogens is 218 g/mol. The minimum absolute atomic E-state index is 0.393. The zero-order valence-electron chi connectivity index (χ0n) is 10.4. The second-order valence-electron chi connectivity index (χ2n) is 3.97. The summed E-state index contributed by atoms with van der Waals surface area (Å²) in [7, 11) is 0. The van der Waals surface area contributed by atoms with E-state index >= 15 is 0 Å². The number of hydrogen-bond acceptors (Lipinski definition) is 4. The number of aromatic nitrogens is 1. The van der Waals surface area contributed by atoms with E-state index in [0.29, 0.717) is 12.3 Å². The van der Waals surface area contributed by atoms with Crippen LogP contribution in [0.5, 0.6) is 0 Å². The second-order valence-corrected chi connectivity index (χ2v) is 5.03. The summed E-state index contributed by atoms with van der Waals surface area (Å²) in [5, 5.41) is 9.86. The van der Waals surface area contributed by atoms with Crippen LogP contribution in [0.3, 0.4) is 0 Å². The van der Waals surface area contributed by atoms with Crippen molar-refractivity contribution in [3.63, 3.8) is 0 Å². The summed E-state index contributed by atoms with van der Waals surface area (Å²) in [5.41, 5.74) is 1.09. The summed E-state index contributed by atoms with van der Waals surface area (Å²) < 4.78 is 0. The van der Waals surface area contributed by atoms with Crippen LogP contribution in [0.25, 0.3) is 0 Å². The predicted molar refractivity (Wildman–Crippen MR) is 69.1 cm³/mol. The molecule has 0 aliphatic heterocycles. The molecule has 0 saturated carbocycles. The average Bonchev–Trinajstić information content (AvgIpc) is 2.65. The van der Waals surface area contributed by atoms with E-state index in [4.69, 9.17) is 5.26 Å². The van der Waals surface area contributed by atoms with Gasteiger partial charge in [0.05, 0.1) is 18.2 Å². The van der Waals surface area contributed by atoms with Crippen molar-refractivity contribution < 1.29 is 0 Å².